The Morgan fingerprint density at radius 1 is 1.56 bits per heavy atom. The summed E-state index contributed by atoms with van der Waals surface area (Å²) >= 11 is 3.28. The van der Waals surface area contributed by atoms with Crippen molar-refractivity contribution >= 4 is 21.8 Å². The maximum absolute atomic E-state index is 11.5. The van der Waals surface area contributed by atoms with E-state index in [1.807, 2.05) is 6.07 Å². The fraction of sp³-hybridized carbons (Fsp3) is 0.385. The minimum Gasteiger partial charge on any atom is -0.482 e. The highest BCUT2D eigenvalue weighted by Crippen LogP contribution is 2.27. The van der Waals surface area contributed by atoms with Gasteiger partial charge in [0.15, 0.2) is 6.61 Å². The largest absolute Gasteiger partial charge is 0.482 e. The molecule has 1 aliphatic rings. The van der Waals surface area contributed by atoms with Gasteiger partial charge in [0.05, 0.1) is 5.56 Å². The molecule has 2 rings (SSSR count). The third-order valence-corrected chi connectivity index (χ3v) is 3.20. The van der Waals surface area contributed by atoms with Crippen molar-refractivity contribution in [1.29, 1.82) is 5.26 Å². The molecule has 0 spiro atoms. The lowest BCUT2D eigenvalue weighted by Crippen LogP contribution is -2.30. The second kappa shape index (κ2) is 5.87. The number of rotatable bonds is 5. The van der Waals surface area contributed by atoms with Crippen LogP contribution in [0.1, 0.15) is 18.4 Å². The van der Waals surface area contributed by atoms with Crippen LogP contribution in [0, 0.1) is 17.2 Å². The van der Waals surface area contributed by atoms with Gasteiger partial charge in [-0.05, 0) is 37.0 Å². The van der Waals surface area contributed by atoms with E-state index >= 15 is 0 Å². The van der Waals surface area contributed by atoms with Gasteiger partial charge >= 0.3 is 0 Å². The topological polar surface area (TPSA) is 62.1 Å². The lowest BCUT2D eigenvalue weighted by atomic mass is 10.2. The van der Waals surface area contributed by atoms with Crippen LogP contribution >= 0.6 is 15.9 Å². The van der Waals surface area contributed by atoms with Crippen LogP contribution in [-0.4, -0.2) is 19.1 Å². The number of carbonyl (C=O) groups excluding carboxylic acids is 1. The molecule has 1 fully saturated rings. The fourth-order valence-corrected chi connectivity index (χ4v) is 1.85. The number of amides is 1. The molecule has 0 aliphatic heterocycles. The maximum atomic E-state index is 11.5. The van der Waals surface area contributed by atoms with Gasteiger partial charge in [0.2, 0.25) is 0 Å². The van der Waals surface area contributed by atoms with E-state index in [1.54, 1.807) is 18.2 Å². The van der Waals surface area contributed by atoms with Gasteiger partial charge < -0.3 is 10.1 Å². The quantitative estimate of drug-likeness (QED) is 0.907. The smallest absolute Gasteiger partial charge is 0.257 e. The molecule has 1 saturated carbocycles. The van der Waals surface area contributed by atoms with E-state index in [9.17, 15) is 4.79 Å². The number of hydrogen-bond donors (Lipinski definition) is 1. The summed E-state index contributed by atoms with van der Waals surface area (Å²) in [5.74, 6) is 0.937. The van der Waals surface area contributed by atoms with Crippen molar-refractivity contribution in [2.45, 2.75) is 12.8 Å². The van der Waals surface area contributed by atoms with Crippen molar-refractivity contribution in [1.82, 2.24) is 5.32 Å². The molecule has 0 bridgehead atoms. The van der Waals surface area contributed by atoms with Crippen LogP contribution in [0.25, 0.3) is 0 Å². The first-order valence-electron chi connectivity index (χ1n) is 5.78. The molecule has 1 aromatic carbocycles. The molecule has 18 heavy (non-hydrogen) atoms. The van der Waals surface area contributed by atoms with Crippen LogP contribution in [0.3, 0.4) is 0 Å². The van der Waals surface area contributed by atoms with Crippen LogP contribution in [0.5, 0.6) is 5.75 Å². The van der Waals surface area contributed by atoms with Gasteiger partial charge in [-0.2, -0.15) is 5.26 Å². The second-order valence-electron chi connectivity index (χ2n) is 4.29. The number of nitrogens with zero attached hydrogens (tertiary/aromatic N) is 1. The zero-order valence-electron chi connectivity index (χ0n) is 9.78. The Morgan fingerprint density at radius 2 is 2.33 bits per heavy atom. The third kappa shape index (κ3) is 3.74. The zero-order chi connectivity index (χ0) is 13.0. The van der Waals surface area contributed by atoms with Crippen molar-refractivity contribution < 1.29 is 9.53 Å². The summed E-state index contributed by atoms with van der Waals surface area (Å²) in [6.45, 7) is 0.677. The summed E-state index contributed by atoms with van der Waals surface area (Å²) in [4.78, 5) is 11.5. The van der Waals surface area contributed by atoms with Gasteiger partial charge in [0.25, 0.3) is 5.91 Å². The Kier molecular flexibility index (Phi) is 4.21. The Hall–Kier alpha value is -1.54. The molecule has 94 valence electrons. The molecule has 0 radical (unpaired) electrons. The monoisotopic (exact) mass is 308 g/mol. The predicted molar refractivity (Wildman–Crippen MR) is 70.1 cm³/mol. The number of carbonyl (C=O) groups is 1. The van der Waals surface area contributed by atoms with Gasteiger partial charge in [-0.15, -0.1) is 0 Å². The average Bonchev–Trinajstić information content (AvgIpc) is 3.18. The van der Waals surface area contributed by atoms with Gasteiger partial charge in [-0.3, -0.25) is 4.79 Å². The van der Waals surface area contributed by atoms with E-state index in [2.05, 4.69) is 21.2 Å². The number of halogens is 1. The molecule has 0 saturated heterocycles. The summed E-state index contributed by atoms with van der Waals surface area (Å²) in [6, 6.07) is 7.15. The first-order valence-corrected chi connectivity index (χ1v) is 6.57. The van der Waals surface area contributed by atoms with Gasteiger partial charge in [-0.25, -0.2) is 0 Å². The highest BCUT2D eigenvalue weighted by molar-refractivity contribution is 9.10. The van der Waals surface area contributed by atoms with E-state index < -0.39 is 0 Å². The number of ether oxygens (including phenoxy) is 1. The molecule has 1 aromatic rings. The molecule has 0 aromatic heterocycles. The highest BCUT2D eigenvalue weighted by atomic mass is 79.9. The van der Waals surface area contributed by atoms with Crippen LogP contribution in [0.4, 0.5) is 0 Å². The molecular weight excluding hydrogens is 296 g/mol. The average molecular weight is 309 g/mol. The molecule has 1 N–H and O–H groups in total. The Bertz CT molecular complexity index is 492. The normalized spacial score (nSPS) is 13.8. The molecular formula is C13H13BrN2O2. The predicted octanol–water partition coefficient (Wildman–Crippen LogP) is 2.23. The summed E-state index contributed by atoms with van der Waals surface area (Å²) in [5, 5.41) is 11.7. The fourth-order valence-electron chi connectivity index (χ4n) is 1.49. The Labute approximate surface area is 114 Å². The van der Waals surface area contributed by atoms with E-state index in [0.717, 1.165) is 11.0 Å². The van der Waals surface area contributed by atoms with E-state index in [0.29, 0.717) is 17.2 Å². The van der Waals surface area contributed by atoms with Gasteiger partial charge in [0.1, 0.15) is 11.8 Å². The molecule has 0 heterocycles. The first kappa shape index (κ1) is 12.9. The minimum atomic E-state index is -0.145. The van der Waals surface area contributed by atoms with Crippen molar-refractivity contribution in [3.8, 4) is 11.8 Å². The summed E-state index contributed by atoms with van der Waals surface area (Å²) in [6.07, 6.45) is 2.40. The van der Waals surface area contributed by atoms with E-state index in [-0.39, 0.29) is 12.5 Å². The number of nitrogens with one attached hydrogen (secondary N) is 1. The molecule has 0 unspecified atom stereocenters. The van der Waals surface area contributed by atoms with Gasteiger partial charge in [-0.1, -0.05) is 15.9 Å². The van der Waals surface area contributed by atoms with Crippen molar-refractivity contribution in [3.05, 3.63) is 28.2 Å². The number of hydrogen-bond acceptors (Lipinski definition) is 3. The van der Waals surface area contributed by atoms with Crippen LogP contribution in [0.15, 0.2) is 22.7 Å². The Balaban J connectivity index is 1.85. The molecule has 5 heteroatoms. The summed E-state index contributed by atoms with van der Waals surface area (Å²) in [5.41, 5.74) is 0.416. The lowest BCUT2D eigenvalue weighted by Gasteiger charge is -2.08. The van der Waals surface area contributed by atoms with Crippen molar-refractivity contribution in [2.75, 3.05) is 13.2 Å². The van der Waals surface area contributed by atoms with Crippen molar-refractivity contribution in [2.24, 2.45) is 5.92 Å². The second-order valence-corrected chi connectivity index (χ2v) is 5.20. The highest BCUT2D eigenvalue weighted by Gasteiger charge is 2.21. The number of nitriles is 1. The van der Waals surface area contributed by atoms with Crippen LogP contribution in [0.2, 0.25) is 0 Å². The SMILES string of the molecule is N#Cc1cc(Br)ccc1OCC(=O)NCC1CC1. The standard InChI is InChI=1S/C13H13BrN2O2/c14-11-3-4-12(10(5-11)6-15)18-8-13(17)16-7-9-1-2-9/h3-5,9H,1-2,7-8H2,(H,16,17). The Morgan fingerprint density at radius 3 is 3.00 bits per heavy atom. The van der Waals surface area contributed by atoms with E-state index in [1.165, 1.54) is 12.8 Å². The van der Waals surface area contributed by atoms with Crippen LogP contribution in [-0.2, 0) is 4.79 Å². The van der Waals surface area contributed by atoms with Gasteiger partial charge in [0, 0.05) is 11.0 Å². The maximum Gasteiger partial charge on any atom is 0.257 e. The zero-order valence-corrected chi connectivity index (χ0v) is 11.4. The van der Waals surface area contributed by atoms with Crippen molar-refractivity contribution in [3.63, 3.8) is 0 Å². The molecule has 4 nitrogen and oxygen atoms in total. The number of benzene rings is 1. The van der Waals surface area contributed by atoms with E-state index in [4.69, 9.17) is 10.00 Å². The summed E-state index contributed by atoms with van der Waals surface area (Å²) in [7, 11) is 0. The first-order chi connectivity index (χ1) is 8.69. The molecule has 1 aliphatic carbocycles. The summed E-state index contributed by atoms with van der Waals surface area (Å²) < 4.78 is 6.15. The minimum absolute atomic E-state index is 0.0525. The van der Waals surface area contributed by atoms with Crippen LogP contribution < -0.4 is 10.1 Å². The third-order valence-electron chi connectivity index (χ3n) is 2.71. The lowest BCUT2D eigenvalue weighted by molar-refractivity contribution is -0.123. The molecule has 0 atom stereocenters. The molecule has 1 amide bonds.